The molecular weight excluding hydrogens is 312 g/mol. The maximum absolute atomic E-state index is 12.0. The number of aromatic carboxylic acids is 1. The monoisotopic (exact) mass is 324 g/mol. The predicted octanol–water partition coefficient (Wildman–Crippen LogP) is 3.98. The Labute approximate surface area is 130 Å². The number of carbonyl (C=O) groups excluding carboxylic acids is 1. The van der Waals surface area contributed by atoms with Gasteiger partial charge in [-0.1, -0.05) is 17.7 Å². The number of anilines is 1. The molecule has 0 bridgehead atoms. The number of rotatable bonds is 4. The number of carbonyl (C=O) groups is 2. The van der Waals surface area contributed by atoms with Gasteiger partial charge in [-0.15, -0.1) is 11.3 Å². The number of halogens is 1. The SMILES string of the molecule is CC(NC(=O)Nc1cc(Cl)ccc1C(=O)O)c1cccs1. The molecule has 0 aliphatic heterocycles. The Morgan fingerprint density at radius 1 is 1.33 bits per heavy atom. The van der Waals surface area contributed by atoms with Crippen LogP contribution in [0.25, 0.3) is 0 Å². The van der Waals surface area contributed by atoms with Crippen molar-refractivity contribution >= 4 is 40.6 Å². The van der Waals surface area contributed by atoms with Crippen LogP contribution in [0.1, 0.15) is 28.2 Å². The summed E-state index contributed by atoms with van der Waals surface area (Å²) in [6, 6.07) is 7.37. The fourth-order valence-electron chi connectivity index (χ4n) is 1.77. The Morgan fingerprint density at radius 3 is 2.71 bits per heavy atom. The van der Waals surface area contributed by atoms with Crippen LogP contribution in [0.2, 0.25) is 5.02 Å². The number of hydrogen-bond donors (Lipinski definition) is 3. The second kappa shape index (κ2) is 6.60. The van der Waals surface area contributed by atoms with Crippen molar-refractivity contribution in [2.24, 2.45) is 0 Å². The minimum atomic E-state index is -1.13. The average Bonchev–Trinajstić information content (AvgIpc) is 2.91. The van der Waals surface area contributed by atoms with Gasteiger partial charge in [-0.05, 0) is 36.6 Å². The molecule has 3 N–H and O–H groups in total. The van der Waals surface area contributed by atoms with Crippen LogP contribution in [0.15, 0.2) is 35.7 Å². The molecule has 110 valence electrons. The van der Waals surface area contributed by atoms with Gasteiger partial charge in [0, 0.05) is 9.90 Å². The number of amides is 2. The molecule has 0 saturated heterocycles. The number of hydrogen-bond acceptors (Lipinski definition) is 3. The van der Waals surface area contributed by atoms with E-state index in [0.29, 0.717) is 5.02 Å². The van der Waals surface area contributed by atoms with Gasteiger partial charge in [-0.3, -0.25) is 0 Å². The van der Waals surface area contributed by atoms with Crippen molar-refractivity contribution in [3.63, 3.8) is 0 Å². The van der Waals surface area contributed by atoms with Crippen LogP contribution in [-0.2, 0) is 0 Å². The normalized spacial score (nSPS) is 11.7. The number of nitrogens with one attached hydrogen (secondary N) is 2. The van der Waals surface area contributed by atoms with E-state index in [-0.39, 0.29) is 17.3 Å². The van der Waals surface area contributed by atoms with Crippen LogP contribution >= 0.6 is 22.9 Å². The van der Waals surface area contributed by atoms with Crippen LogP contribution in [0.5, 0.6) is 0 Å². The number of benzene rings is 1. The van der Waals surface area contributed by atoms with Crippen molar-refractivity contribution in [2.45, 2.75) is 13.0 Å². The number of thiophene rings is 1. The van der Waals surface area contributed by atoms with Gasteiger partial charge < -0.3 is 15.7 Å². The van der Waals surface area contributed by atoms with Crippen LogP contribution < -0.4 is 10.6 Å². The third-order valence-electron chi connectivity index (χ3n) is 2.78. The topological polar surface area (TPSA) is 78.4 Å². The lowest BCUT2D eigenvalue weighted by atomic mass is 10.2. The fraction of sp³-hybridized carbons (Fsp3) is 0.143. The van der Waals surface area contributed by atoms with Crippen molar-refractivity contribution in [1.29, 1.82) is 0 Å². The van der Waals surface area contributed by atoms with E-state index in [0.717, 1.165) is 4.88 Å². The minimum absolute atomic E-state index is 0.0154. The second-order valence-electron chi connectivity index (χ2n) is 4.33. The van der Waals surface area contributed by atoms with Crippen molar-refractivity contribution in [2.75, 3.05) is 5.32 Å². The molecule has 1 aromatic heterocycles. The van der Waals surface area contributed by atoms with Crippen molar-refractivity contribution in [3.8, 4) is 0 Å². The molecule has 2 amide bonds. The molecule has 1 heterocycles. The summed E-state index contributed by atoms with van der Waals surface area (Å²) in [6.45, 7) is 1.85. The van der Waals surface area contributed by atoms with Crippen LogP contribution in [0.4, 0.5) is 10.5 Å². The highest BCUT2D eigenvalue weighted by atomic mass is 35.5. The van der Waals surface area contributed by atoms with Gasteiger partial charge in [0.05, 0.1) is 17.3 Å². The highest BCUT2D eigenvalue weighted by Gasteiger charge is 2.15. The van der Waals surface area contributed by atoms with E-state index >= 15 is 0 Å². The molecule has 0 aliphatic carbocycles. The van der Waals surface area contributed by atoms with Gasteiger partial charge in [0.2, 0.25) is 0 Å². The summed E-state index contributed by atoms with van der Waals surface area (Å²) in [5, 5.41) is 16.6. The maximum atomic E-state index is 12.0. The van der Waals surface area contributed by atoms with Gasteiger partial charge in [0.25, 0.3) is 0 Å². The van der Waals surface area contributed by atoms with Crippen molar-refractivity contribution in [1.82, 2.24) is 5.32 Å². The summed E-state index contributed by atoms with van der Waals surface area (Å²) < 4.78 is 0. The van der Waals surface area contributed by atoms with Crippen LogP contribution in [0, 0.1) is 0 Å². The number of urea groups is 1. The molecule has 21 heavy (non-hydrogen) atoms. The van der Waals surface area contributed by atoms with Gasteiger partial charge in [-0.25, -0.2) is 9.59 Å². The van der Waals surface area contributed by atoms with Crippen LogP contribution in [-0.4, -0.2) is 17.1 Å². The van der Waals surface area contributed by atoms with E-state index in [1.807, 2.05) is 24.4 Å². The third kappa shape index (κ3) is 3.96. The highest BCUT2D eigenvalue weighted by molar-refractivity contribution is 7.10. The average molecular weight is 325 g/mol. The lowest BCUT2D eigenvalue weighted by Crippen LogP contribution is -2.31. The van der Waals surface area contributed by atoms with Gasteiger partial charge >= 0.3 is 12.0 Å². The zero-order chi connectivity index (χ0) is 15.4. The quantitative estimate of drug-likeness (QED) is 0.796. The first kappa shape index (κ1) is 15.3. The molecule has 0 fully saturated rings. The predicted molar refractivity (Wildman–Crippen MR) is 83.3 cm³/mol. The second-order valence-corrected chi connectivity index (χ2v) is 5.75. The molecular formula is C14H13ClN2O3S. The van der Waals surface area contributed by atoms with Crippen LogP contribution in [0.3, 0.4) is 0 Å². The van der Waals surface area contributed by atoms with Gasteiger partial charge in [-0.2, -0.15) is 0 Å². The molecule has 5 nitrogen and oxygen atoms in total. The van der Waals surface area contributed by atoms with E-state index in [1.54, 1.807) is 0 Å². The molecule has 1 atom stereocenters. The molecule has 2 rings (SSSR count). The standard InChI is InChI=1S/C14H13ClN2O3S/c1-8(12-3-2-6-21-12)16-14(20)17-11-7-9(15)4-5-10(11)13(18)19/h2-8H,1H3,(H,18,19)(H2,16,17,20). The Hall–Kier alpha value is -2.05. The Balaban J connectivity index is 2.09. The fourth-order valence-corrected chi connectivity index (χ4v) is 2.68. The Kier molecular flexibility index (Phi) is 4.82. The van der Waals surface area contributed by atoms with Gasteiger partial charge in [0.15, 0.2) is 0 Å². The first-order valence-electron chi connectivity index (χ1n) is 6.11. The first-order valence-corrected chi connectivity index (χ1v) is 7.37. The number of carboxylic acid groups (broad SMARTS) is 1. The maximum Gasteiger partial charge on any atom is 0.337 e. The summed E-state index contributed by atoms with van der Waals surface area (Å²) >= 11 is 7.36. The molecule has 0 aliphatic rings. The van der Waals surface area contributed by atoms with E-state index in [9.17, 15) is 9.59 Å². The molecule has 7 heteroatoms. The largest absolute Gasteiger partial charge is 0.478 e. The number of carboxylic acids is 1. The van der Waals surface area contributed by atoms with E-state index in [4.69, 9.17) is 16.7 Å². The molecule has 1 unspecified atom stereocenters. The third-order valence-corrected chi connectivity index (χ3v) is 4.07. The summed E-state index contributed by atoms with van der Waals surface area (Å²) in [7, 11) is 0. The molecule has 2 aromatic rings. The van der Waals surface area contributed by atoms with E-state index in [2.05, 4.69) is 10.6 Å². The lowest BCUT2D eigenvalue weighted by molar-refractivity contribution is 0.0698. The summed E-state index contributed by atoms with van der Waals surface area (Å²) in [5.41, 5.74) is 0.143. The summed E-state index contributed by atoms with van der Waals surface area (Å²) in [6.07, 6.45) is 0. The first-order chi connectivity index (χ1) is 9.97. The molecule has 0 spiro atoms. The Bertz CT molecular complexity index is 658. The summed E-state index contributed by atoms with van der Waals surface area (Å²) in [4.78, 5) is 24.1. The molecule has 0 saturated carbocycles. The Morgan fingerprint density at radius 2 is 2.10 bits per heavy atom. The van der Waals surface area contributed by atoms with Crippen molar-refractivity contribution in [3.05, 3.63) is 51.2 Å². The zero-order valence-corrected chi connectivity index (χ0v) is 12.7. The minimum Gasteiger partial charge on any atom is -0.478 e. The van der Waals surface area contributed by atoms with Gasteiger partial charge in [0.1, 0.15) is 0 Å². The highest BCUT2D eigenvalue weighted by Crippen LogP contribution is 2.22. The lowest BCUT2D eigenvalue weighted by Gasteiger charge is -2.14. The molecule has 0 radical (unpaired) electrons. The molecule has 1 aromatic carbocycles. The van der Waals surface area contributed by atoms with Crippen molar-refractivity contribution < 1.29 is 14.7 Å². The summed E-state index contributed by atoms with van der Waals surface area (Å²) in [5.74, 6) is -1.13. The zero-order valence-electron chi connectivity index (χ0n) is 11.1. The van der Waals surface area contributed by atoms with E-state index in [1.165, 1.54) is 29.5 Å². The van der Waals surface area contributed by atoms with E-state index < -0.39 is 12.0 Å². The smallest absolute Gasteiger partial charge is 0.337 e.